The van der Waals surface area contributed by atoms with E-state index >= 15 is 0 Å². The molecule has 22 nitrogen and oxygen atoms in total. The number of aliphatic carboxylic acids is 1. The molecular weight excluding hydrogens is 999 g/mol. The van der Waals surface area contributed by atoms with Crippen molar-refractivity contribution in [3.8, 4) is 0 Å². The molecule has 0 bridgehead atoms. The van der Waals surface area contributed by atoms with Gasteiger partial charge in [0.15, 0.2) is 25.2 Å². The number of carbonyl (C=O) groups excluding carboxylic acids is 1. The number of carbonyl (C=O) groups is 2. The third kappa shape index (κ3) is 9.83. The second-order valence-corrected chi connectivity index (χ2v) is 26.2. The van der Waals surface area contributed by atoms with Gasteiger partial charge in [0, 0.05) is 6.92 Å². The highest BCUT2D eigenvalue weighted by Crippen LogP contribution is 2.76. The summed E-state index contributed by atoms with van der Waals surface area (Å²) in [4.78, 5) is 26.3. The lowest BCUT2D eigenvalue weighted by molar-refractivity contribution is -0.368. The second kappa shape index (κ2) is 21.4. The van der Waals surface area contributed by atoms with Crippen LogP contribution >= 0.6 is 0 Å². The maximum atomic E-state index is 13.2. The number of hydrogen-bond acceptors (Lipinski definition) is 20. The summed E-state index contributed by atoms with van der Waals surface area (Å²) in [5.74, 6) is -0.828. The van der Waals surface area contributed by atoms with E-state index in [-0.39, 0.29) is 39.4 Å². The van der Waals surface area contributed by atoms with Crippen molar-refractivity contribution >= 4 is 11.9 Å². The molecule has 4 heterocycles. The molecule has 5 aliphatic carbocycles. The molecule has 76 heavy (non-hydrogen) atoms. The van der Waals surface area contributed by atoms with Crippen LogP contribution in [-0.4, -0.2) is 211 Å². The van der Waals surface area contributed by atoms with E-state index in [4.69, 9.17) is 37.9 Å². The number of rotatable bonds is 12. The molecule has 26 atom stereocenters. The Kier molecular flexibility index (Phi) is 16.5. The van der Waals surface area contributed by atoms with Crippen LogP contribution in [0.2, 0.25) is 0 Å². The number of carboxylic acid groups (broad SMARTS) is 1. The Morgan fingerprint density at radius 1 is 0.658 bits per heavy atom. The number of allylic oxidation sites excluding steroid dienone is 2. The van der Waals surface area contributed by atoms with Crippen LogP contribution in [0.1, 0.15) is 120 Å². The average Bonchev–Trinajstić information content (AvgIpc) is 3.44. The summed E-state index contributed by atoms with van der Waals surface area (Å²) in [5.41, 5.74) is -0.338. The highest BCUT2D eigenvalue weighted by Gasteiger charge is 2.70. The maximum Gasteiger partial charge on any atom is 0.310 e. The van der Waals surface area contributed by atoms with E-state index in [0.29, 0.717) is 19.3 Å². The topological polar surface area (TPSA) is 343 Å². The summed E-state index contributed by atoms with van der Waals surface area (Å²) in [7, 11) is 0. The van der Waals surface area contributed by atoms with Crippen LogP contribution in [0, 0.1) is 50.2 Å². The summed E-state index contributed by atoms with van der Waals surface area (Å²) in [6.45, 7) is 15.2. The number of aliphatic hydroxyl groups is 10. The van der Waals surface area contributed by atoms with Gasteiger partial charge in [-0.3, -0.25) is 9.59 Å². The predicted octanol–water partition coefficient (Wildman–Crippen LogP) is -0.0476. The highest BCUT2D eigenvalue weighted by atomic mass is 16.8. The van der Waals surface area contributed by atoms with Gasteiger partial charge in [-0.2, -0.15) is 0 Å². The fraction of sp³-hybridized carbons (Fsp3) is 0.926. The number of aliphatic hydroxyl groups excluding tert-OH is 10. The Bertz CT molecular complexity index is 2130. The molecule has 9 rings (SSSR count). The van der Waals surface area contributed by atoms with E-state index in [2.05, 4.69) is 59.9 Å². The third-order valence-corrected chi connectivity index (χ3v) is 21.1. The smallest absolute Gasteiger partial charge is 0.310 e. The molecule has 0 radical (unpaired) electrons. The van der Waals surface area contributed by atoms with Gasteiger partial charge in [0.2, 0.25) is 5.91 Å². The highest BCUT2D eigenvalue weighted by molar-refractivity contribution is 5.76. The van der Waals surface area contributed by atoms with Crippen molar-refractivity contribution in [1.29, 1.82) is 0 Å². The van der Waals surface area contributed by atoms with Crippen molar-refractivity contribution < 1.29 is 104 Å². The minimum Gasteiger partial charge on any atom is -0.481 e. The Labute approximate surface area is 444 Å². The van der Waals surface area contributed by atoms with Crippen molar-refractivity contribution in [2.24, 2.45) is 50.2 Å². The van der Waals surface area contributed by atoms with E-state index in [0.717, 1.165) is 44.9 Å². The molecule has 4 saturated carbocycles. The van der Waals surface area contributed by atoms with Gasteiger partial charge >= 0.3 is 5.97 Å². The van der Waals surface area contributed by atoms with Gasteiger partial charge in [0.25, 0.3) is 0 Å². The van der Waals surface area contributed by atoms with Crippen LogP contribution in [0.4, 0.5) is 0 Å². The monoisotopic (exact) mass is 1090 g/mol. The van der Waals surface area contributed by atoms with Crippen LogP contribution in [0.3, 0.4) is 0 Å². The van der Waals surface area contributed by atoms with Gasteiger partial charge < -0.3 is 99.4 Å². The number of ether oxygens (including phenoxy) is 8. The summed E-state index contributed by atoms with van der Waals surface area (Å²) in [6, 6.07) is -1.33. The molecule has 434 valence electrons. The zero-order chi connectivity index (χ0) is 55.4. The summed E-state index contributed by atoms with van der Waals surface area (Å²) >= 11 is 0. The molecule has 4 saturated heterocycles. The molecular formula is C54H87NO21. The van der Waals surface area contributed by atoms with Crippen molar-refractivity contribution in [2.45, 2.75) is 236 Å². The Balaban J connectivity index is 0.986. The first-order chi connectivity index (χ1) is 35.5. The fourth-order valence-electron chi connectivity index (χ4n) is 16.4. The van der Waals surface area contributed by atoms with E-state index in [1.165, 1.54) is 12.5 Å². The molecule has 1 amide bonds. The number of hydrogen-bond donors (Lipinski definition) is 12. The van der Waals surface area contributed by atoms with Gasteiger partial charge in [-0.05, 0) is 109 Å². The molecule has 9 aliphatic rings. The molecule has 0 aromatic rings. The number of fused-ring (bicyclic) bond motifs is 7. The van der Waals surface area contributed by atoms with Crippen molar-refractivity contribution in [3.05, 3.63) is 11.6 Å². The van der Waals surface area contributed by atoms with E-state index in [1.807, 2.05) is 0 Å². The van der Waals surface area contributed by atoms with Crippen LogP contribution < -0.4 is 5.32 Å². The normalized spacial score (nSPS) is 51.9. The summed E-state index contributed by atoms with van der Waals surface area (Å²) < 4.78 is 48.9. The van der Waals surface area contributed by atoms with Crippen molar-refractivity contribution in [1.82, 2.24) is 5.32 Å². The predicted molar refractivity (Wildman–Crippen MR) is 263 cm³/mol. The van der Waals surface area contributed by atoms with Crippen molar-refractivity contribution in [2.75, 3.05) is 26.4 Å². The van der Waals surface area contributed by atoms with E-state index in [1.54, 1.807) is 0 Å². The minimum absolute atomic E-state index is 0.0179. The second-order valence-electron chi connectivity index (χ2n) is 26.2. The third-order valence-electron chi connectivity index (χ3n) is 21.1. The summed E-state index contributed by atoms with van der Waals surface area (Å²) in [6.07, 6.45) is -17.8. The van der Waals surface area contributed by atoms with Gasteiger partial charge in [0.1, 0.15) is 85.4 Å². The first-order valence-electron chi connectivity index (χ1n) is 27.6. The molecule has 0 unspecified atom stereocenters. The first-order valence-corrected chi connectivity index (χ1v) is 27.6. The molecule has 8 fully saturated rings. The zero-order valence-corrected chi connectivity index (χ0v) is 45.2. The Morgan fingerprint density at radius 3 is 1.96 bits per heavy atom. The SMILES string of the molecule is CC(=O)N[C@H]1[C@H](O[C@H]2CC[C@]3(C)[C@H]4CC=C5[C@@H]6CC(C)(C)CC[C@]6(C(=O)O)CC[C@@]5(C)[C@]4(C)CC[C@H]3C2(C)C)O[C@H](CO[C@@H]2OC[C@H](O)[C@H](O)[C@H]2O[C@@H]2OC[C@@H](O)[C@H](O)[C@H]2O)[C@@H](O[C@@H]2O[C@H](CO)[C@@H](O)[C@H](O)[C@H]2O)[C@@H]1O. The van der Waals surface area contributed by atoms with Crippen LogP contribution in [-0.2, 0) is 47.5 Å². The zero-order valence-electron chi connectivity index (χ0n) is 45.2. The van der Waals surface area contributed by atoms with Crippen LogP contribution in [0.15, 0.2) is 11.6 Å². The lowest BCUT2D eigenvalue weighted by atomic mass is 9.33. The molecule has 12 N–H and O–H groups in total. The van der Waals surface area contributed by atoms with E-state index < -0.39 is 166 Å². The minimum atomic E-state index is -1.91. The molecule has 22 heteroatoms. The largest absolute Gasteiger partial charge is 0.481 e. The number of amides is 1. The van der Waals surface area contributed by atoms with Crippen molar-refractivity contribution in [3.63, 3.8) is 0 Å². The van der Waals surface area contributed by atoms with E-state index in [9.17, 15) is 65.8 Å². The van der Waals surface area contributed by atoms with Gasteiger partial charge in [-0.15, -0.1) is 0 Å². The molecule has 4 aliphatic heterocycles. The number of nitrogens with one attached hydrogen (secondary N) is 1. The fourth-order valence-corrected chi connectivity index (χ4v) is 16.4. The summed E-state index contributed by atoms with van der Waals surface area (Å²) in [5, 5.41) is 121. The van der Waals surface area contributed by atoms with Crippen LogP contribution in [0.5, 0.6) is 0 Å². The quantitative estimate of drug-likeness (QED) is 0.0901. The number of carboxylic acids is 1. The molecule has 0 aromatic heterocycles. The van der Waals surface area contributed by atoms with Crippen LogP contribution in [0.25, 0.3) is 0 Å². The van der Waals surface area contributed by atoms with Gasteiger partial charge in [0.05, 0.1) is 37.9 Å². The maximum absolute atomic E-state index is 13.2. The molecule has 0 aromatic carbocycles. The average molecular weight is 1090 g/mol. The molecule has 0 spiro atoms. The Morgan fingerprint density at radius 2 is 1.29 bits per heavy atom. The van der Waals surface area contributed by atoms with Gasteiger partial charge in [-0.25, -0.2) is 0 Å². The lowest BCUT2D eigenvalue weighted by Gasteiger charge is -2.71. The Hall–Kier alpha value is -2.04. The lowest BCUT2D eigenvalue weighted by Crippen LogP contribution is -2.69. The first kappa shape index (κ1) is 58.6. The standard InChI is InChI=1S/C54H87NO21/c1-24(57)55-34-38(63)42(75-46-41(66)39(64)37(62)29(20-56)72-46)30(23-71-47-43(36(61)28(59)22-70-47)76-45-40(65)35(60)27(58)21-69-45)73-44(34)74-33-12-13-51(6)31(50(33,4)5)11-14-53(8)32(51)10-9-25-26-19-49(2,3)15-17-54(26,48(67)68)18-16-52(25,53)7/h9,26-47,56,58-66H,10-23H2,1-8H3,(H,55,57)(H,67,68)/t26-,27+,28-,29+,30+,31-,32+,33-,34+,35-,36-,37+,38+,39-,40+,41+,42+,43+,44-,45-,46-,47-,51-,52+,53+,54-/m0/s1. The van der Waals surface area contributed by atoms with Gasteiger partial charge in [-0.1, -0.05) is 60.1 Å².